The summed E-state index contributed by atoms with van der Waals surface area (Å²) in [4.78, 5) is 37.4. The first-order chi connectivity index (χ1) is 13.4. The Morgan fingerprint density at radius 3 is 2.79 bits per heavy atom. The van der Waals surface area contributed by atoms with Crippen molar-refractivity contribution >= 4 is 41.2 Å². The Bertz CT molecular complexity index is 987. The van der Waals surface area contributed by atoms with Crippen molar-refractivity contribution in [2.45, 2.75) is 18.3 Å². The first kappa shape index (κ1) is 18.5. The van der Waals surface area contributed by atoms with E-state index in [-0.39, 0.29) is 34.2 Å². The van der Waals surface area contributed by atoms with E-state index in [9.17, 15) is 14.7 Å². The van der Waals surface area contributed by atoms with Crippen LogP contribution >= 0.6 is 23.4 Å². The van der Waals surface area contributed by atoms with Gasteiger partial charge in [-0.05, 0) is 36.2 Å². The number of carbonyl (C=O) groups excluding carboxylic acids is 1. The van der Waals surface area contributed by atoms with Gasteiger partial charge in [-0.15, -0.1) is 11.8 Å². The second-order valence-electron chi connectivity index (χ2n) is 6.09. The van der Waals surface area contributed by atoms with E-state index in [1.165, 1.54) is 16.7 Å². The molecule has 0 spiro atoms. The molecule has 2 unspecified atom stereocenters. The highest BCUT2D eigenvalue weighted by atomic mass is 35.5. The Morgan fingerprint density at radius 1 is 1.32 bits per heavy atom. The second kappa shape index (κ2) is 7.28. The van der Waals surface area contributed by atoms with Gasteiger partial charge in [0.2, 0.25) is 11.2 Å². The average Bonchev–Trinajstić information content (AvgIpc) is 2.66. The molecule has 3 heterocycles. The van der Waals surface area contributed by atoms with Gasteiger partial charge in [-0.2, -0.15) is 15.0 Å². The number of aliphatic carboxylic acids is 1. The zero-order valence-electron chi connectivity index (χ0n) is 14.5. The van der Waals surface area contributed by atoms with E-state index < -0.39 is 12.0 Å². The minimum atomic E-state index is -1.11. The van der Waals surface area contributed by atoms with Gasteiger partial charge < -0.3 is 15.2 Å². The molecule has 2 atom stereocenters. The number of ether oxygens (including phenoxy) is 1. The molecule has 0 saturated carbocycles. The number of hydrogen-bond acceptors (Lipinski definition) is 8. The van der Waals surface area contributed by atoms with Gasteiger partial charge in [0.25, 0.3) is 5.91 Å². The predicted octanol–water partition coefficient (Wildman–Crippen LogP) is 2.37. The van der Waals surface area contributed by atoms with E-state index in [1.807, 2.05) is 6.07 Å². The Hall–Kier alpha value is -2.85. The summed E-state index contributed by atoms with van der Waals surface area (Å²) in [7, 11) is 0. The van der Waals surface area contributed by atoms with Crippen LogP contribution in [0.25, 0.3) is 0 Å². The average molecular weight is 420 g/mol. The number of carboxylic acids is 1. The normalized spacial score (nSPS) is 21.1. The Morgan fingerprint density at radius 2 is 2.07 bits per heavy atom. The second-order valence-corrected chi connectivity index (χ2v) is 7.53. The third kappa shape index (κ3) is 3.36. The lowest BCUT2D eigenvalue weighted by molar-refractivity contribution is -0.147. The molecule has 11 heteroatoms. The lowest BCUT2D eigenvalue weighted by Gasteiger charge is -2.49. The van der Waals surface area contributed by atoms with Crippen molar-refractivity contribution in [3.05, 3.63) is 46.9 Å². The number of benzene rings is 1. The van der Waals surface area contributed by atoms with Gasteiger partial charge >= 0.3 is 12.0 Å². The maximum absolute atomic E-state index is 12.5. The number of carbonyl (C=O) groups is 2. The summed E-state index contributed by atoms with van der Waals surface area (Å²) in [5, 5.41) is 11.8. The molecule has 2 aliphatic heterocycles. The summed E-state index contributed by atoms with van der Waals surface area (Å²) in [5.41, 5.74) is 0.691. The molecular formula is C17H14ClN5O4S. The predicted molar refractivity (Wildman–Crippen MR) is 102 cm³/mol. The molecule has 0 bridgehead atoms. The maximum atomic E-state index is 12.5. The number of rotatable bonds is 5. The van der Waals surface area contributed by atoms with Crippen LogP contribution in [0.2, 0.25) is 5.28 Å². The van der Waals surface area contributed by atoms with Gasteiger partial charge in [0.15, 0.2) is 0 Å². The number of nitrogens with one attached hydrogen (secondary N) is 1. The van der Waals surface area contributed by atoms with Crippen molar-refractivity contribution < 1.29 is 19.4 Å². The summed E-state index contributed by atoms with van der Waals surface area (Å²) >= 11 is 7.42. The molecule has 0 radical (unpaired) electrons. The number of para-hydroxylation sites is 1. The molecular weight excluding hydrogens is 406 g/mol. The maximum Gasteiger partial charge on any atom is 0.352 e. The topological polar surface area (TPSA) is 118 Å². The minimum absolute atomic E-state index is 0.0180. The molecule has 144 valence electrons. The highest BCUT2D eigenvalue weighted by Gasteiger charge is 2.53. The SMILES string of the molecule is CC1=C(C(=O)O)N2C(=O)C(Nc3nc(Cl)nc(Oc4ccccc4)n3)C2SC1. The van der Waals surface area contributed by atoms with E-state index in [0.29, 0.717) is 17.1 Å². The van der Waals surface area contributed by atoms with Gasteiger partial charge in [0, 0.05) is 5.75 Å². The number of fused-ring (bicyclic) bond motifs is 1. The summed E-state index contributed by atoms with van der Waals surface area (Å²) in [6, 6.07) is 8.23. The Balaban J connectivity index is 1.53. The van der Waals surface area contributed by atoms with Crippen LogP contribution in [0.1, 0.15) is 6.92 Å². The summed E-state index contributed by atoms with van der Waals surface area (Å²) in [5.74, 6) is -0.356. The molecule has 1 amide bonds. The molecule has 2 N–H and O–H groups in total. The summed E-state index contributed by atoms with van der Waals surface area (Å²) in [6.07, 6.45) is 0. The van der Waals surface area contributed by atoms with Gasteiger partial charge in [0.1, 0.15) is 22.9 Å². The van der Waals surface area contributed by atoms with Gasteiger partial charge in [0.05, 0.1) is 0 Å². The summed E-state index contributed by atoms with van der Waals surface area (Å²) < 4.78 is 5.56. The minimum Gasteiger partial charge on any atom is -0.477 e. The standard InChI is InChI=1S/C17H14ClN5O4S/c1-8-7-28-13-10(12(24)23(13)11(8)14(25)26)19-16-20-15(18)21-17(22-16)27-9-5-3-2-4-6-9/h2-6,10,13H,7H2,1H3,(H,25,26)(H,19,20,21,22). The highest BCUT2D eigenvalue weighted by molar-refractivity contribution is 8.00. The van der Waals surface area contributed by atoms with E-state index in [1.54, 1.807) is 31.2 Å². The third-order valence-corrected chi connectivity index (χ3v) is 5.78. The lowest BCUT2D eigenvalue weighted by Crippen LogP contribution is -2.67. The van der Waals surface area contributed by atoms with Crippen molar-refractivity contribution in [3.63, 3.8) is 0 Å². The van der Waals surface area contributed by atoms with Crippen LogP contribution in [0.3, 0.4) is 0 Å². The van der Waals surface area contributed by atoms with Crippen molar-refractivity contribution in [2.75, 3.05) is 11.1 Å². The number of β-lactam (4-membered cyclic amide) rings is 1. The van der Waals surface area contributed by atoms with Crippen LogP contribution in [0.4, 0.5) is 5.95 Å². The van der Waals surface area contributed by atoms with E-state index in [0.717, 1.165) is 0 Å². The molecule has 1 aromatic carbocycles. The van der Waals surface area contributed by atoms with Gasteiger partial charge in [-0.1, -0.05) is 18.2 Å². The fraction of sp³-hybridized carbons (Fsp3) is 0.235. The van der Waals surface area contributed by atoms with E-state index >= 15 is 0 Å². The zero-order chi connectivity index (χ0) is 19.8. The van der Waals surface area contributed by atoms with Crippen molar-refractivity contribution in [1.29, 1.82) is 0 Å². The molecule has 1 aromatic heterocycles. The Kier molecular flexibility index (Phi) is 4.82. The fourth-order valence-corrected chi connectivity index (χ4v) is 4.40. The smallest absolute Gasteiger partial charge is 0.352 e. The fourth-order valence-electron chi connectivity index (χ4n) is 2.95. The van der Waals surface area contributed by atoms with Crippen LogP contribution in [-0.4, -0.2) is 54.0 Å². The first-order valence-corrected chi connectivity index (χ1v) is 9.65. The zero-order valence-corrected chi connectivity index (χ0v) is 16.1. The largest absolute Gasteiger partial charge is 0.477 e. The molecule has 9 nitrogen and oxygen atoms in total. The van der Waals surface area contributed by atoms with Crippen LogP contribution in [0.15, 0.2) is 41.6 Å². The number of thioether (sulfide) groups is 1. The van der Waals surface area contributed by atoms with Crippen LogP contribution in [0, 0.1) is 0 Å². The molecule has 2 aromatic rings. The number of anilines is 1. The number of hydrogen-bond donors (Lipinski definition) is 2. The molecule has 4 rings (SSSR count). The van der Waals surface area contributed by atoms with Gasteiger partial charge in [-0.3, -0.25) is 9.69 Å². The van der Waals surface area contributed by atoms with E-state index in [2.05, 4.69) is 20.3 Å². The van der Waals surface area contributed by atoms with Crippen LogP contribution in [-0.2, 0) is 9.59 Å². The molecule has 1 saturated heterocycles. The first-order valence-electron chi connectivity index (χ1n) is 8.23. The number of carboxylic acid groups (broad SMARTS) is 1. The summed E-state index contributed by atoms with van der Waals surface area (Å²) in [6.45, 7) is 1.71. The number of nitrogens with zero attached hydrogens (tertiary/aromatic N) is 4. The molecule has 1 fully saturated rings. The molecule has 0 aliphatic carbocycles. The van der Waals surface area contributed by atoms with Crippen molar-refractivity contribution in [3.8, 4) is 11.8 Å². The third-order valence-electron chi connectivity index (χ3n) is 4.19. The van der Waals surface area contributed by atoms with E-state index in [4.69, 9.17) is 16.3 Å². The lowest BCUT2D eigenvalue weighted by atomic mass is 10.0. The number of amides is 1. The quantitative estimate of drug-likeness (QED) is 0.704. The van der Waals surface area contributed by atoms with Crippen LogP contribution in [0.5, 0.6) is 11.8 Å². The van der Waals surface area contributed by atoms with Crippen LogP contribution < -0.4 is 10.1 Å². The van der Waals surface area contributed by atoms with Gasteiger partial charge in [-0.25, -0.2) is 4.79 Å². The Labute approximate surface area is 168 Å². The van der Waals surface area contributed by atoms with Crippen molar-refractivity contribution in [2.24, 2.45) is 0 Å². The molecule has 2 aliphatic rings. The molecule has 28 heavy (non-hydrogen) atoms. The van der Waals surface area contributed by atoms with Crippen molar-refractivity contribution in [1.82, 2.24) is 19.9 Å². The monoisotopic (exact) mass is 419 g/mol. The highest BCUT2D eigenvalue weighted by Crippen LogP contribution is 2.41. The number of aromatic nitrogens is 3. The number of halogens is 1.